The standard InChI is InChI=1S/C31H28P2.C8H12.BF4.Rh/c1-5-13-26(14-6-1)32(27-15-7-2-8-16-27)30-24-21-22-25(23-24)31(30)33(28-17-9-3-10-18-28)29-19-11-4-12-20-29;1-2-4-6-8-7-5-3-1;2-1(3,4)5;/h1-22,24-25,30-31H,23H2;1-2,7-8H,3-6H2;;/q;;-1;. The molecule has 8 heteroatoms. The van der Waals surface area contributed by atoms with Crippen LogP contribution in [0.2, 0.25) is 0 Å². The monoisotopic (exact) mass is 760 g/mol. The van der Waals surface area contributed by atoms with Crippen molar-refractivity contribution in [2.24, 2.45) is 11.8 Å². The van der Waals surface area contributed by atoms with Crippen LogP contribution in [0.4, 0.5) is 17.3 Å². The molecule has 0 aromatic heterocycles. The molecule has 1 fully saturated rings. The Morgan fingerprint density at radius 1 is 0.426 bits per heavy atom. The van der Waals surface area contributed by atoms with Gasteiger partial charge >= 0.3 is 7.25 Å². The molecule has 3 aliphatic rings. The number of fused-ring (bicyclic) bond motifs is 2. The molecule has 0 saturated heterocycles. The third-order valence-electron chi connectivity index (χ3n) is 8.44. The van der Waals surface area contributed by atoms with Gasteiger partial charge < -0.3 is 17.3 Å². The smallest absolute Gasteiger partial charge is 0.418 e. The minimum Gasteiger partial charge on any atom is -0.418 e. The topological polar surface area (TPSA) is 0 Å². The van der Waals surface area contributed by atoms with Crippen LogP contribution in [0.3, 0.4) is 0 Å². The van der Waals surface area contributed by atoms with E-state index in [2.05, 4.69) is 158 Å². The number of allylic oxidation sites excluding steroid dienone is 6. The summed E-state index contributed by atoms with van der Waals surface area (Å²) in [6, 6.07) is 45.4. The molecule has 0 spiro atoms. The van der Waals surface area contributed by atoms with Gasteiger partial charge in [0.05, 0.1) is 0 Å². The molecule has 1 radical (unpaired) electrons. The summed E-state index contributed by atoms with van der Waals surface area (Å²) in [5.41, 5.74) is 1.32. The van der Waals surface area contributed by atoms with Gasteiger partial charge in [-0.1, -0.05) is 158 Å². The van der Waals surface area contributed by atoms with Gasteiger partial charge in [-0.2, -0.15) is 0 Å². The normalized spacial score (nSPS) is 21.1. The minimum absolute atomic E-state index is 0. The zero-order valence-electron chi connectivity index (χ0n) is 26.2. The average Bonchev–Trinajstić information content (AvgIpc) is 3.66. The zero-order valence-corrected chi connectivity index (χ0v) is 29.6. The maximum absolute atomic E-state index is 9.75. The van der Waals surface area contributed by atoms with E-state index in [-0.39, 0.29) is 19.5 Å². The van der Waals surface area contributed by atoms with E-state index in [4.69, 9.17) is 0 Å². The van der Waals surface area contributed by atoms with Crippen molar-refractivity contribution in [3.05, 3.63) is 158 Å². The summed E-state index contributed by atoms with van der Waals surface area (Å²) in [7, 11) is -6.91. The Balaban J connectivity index is 0.000000301. The zero-order chi connectivity index (χ0) is 32.2. The quantitative estimate of drug-likeness (QED) is 0.0795. The van der Waals surface area contributed by atoms with E-state index in [1.165, 1.54) is 53.3 Å². The largest absolute Gasteiger partial charge is 0.673 e. The molecule has 3 aliphatic carbocycles. The first-order valence-corrected chi connectivity index (χ1v) is 18.9. The van der Waals surface area contributed by atoms with Crippen molar-refractivity contribution in [1.82, 2.24) is 0 Å². The number of rotatable bonds is 6. The van der Waals surface area contributed by atoms with E-state index in [0.29, 0.717) is 23.2 Å². The van der Waals surface area contributed by atoms with E-state index < -0.39 is 23.1 Å². The summed E-state index contributed by atoms with van der Waals surface area (Å²) in [6.45, 7) is 0. The summed E-state index contributed by atoms with van der Waals surface area (Å²) >= 11 is 0. The second-order valence-electron chi connectivity index (χ2n) is 11.6. The molecule has 2 bridgehead atoms. The first-order chi connectivity index (χ1) is 22.4. The average molecular weight is 760 g/mol. The maximum atomic E-state index is 9.75. The first kappa shape index (κ1) is 37.2. The van der Waals surface area contributed by atoms with Crippen LogP contribution in [-0.4, -0.2) is 18.6 Å². The Hall–Kier alpha value is -2.63. The second-order valence-corrected chi connectivity index (χ2v) is 16.3. The summed E-state index contributed by atoms with van der Waals surface area (Å²) in [6.07, 6.45) is 20.4. The minimum atomic E-state index is -6.00. The molecule has 4 atom stereocenters. The van der Waals surface area contributed by atoms with Crippen LogP contribution in [0.15, 0.2) is 158 Å². The molecule has 7 rings (SSSR count). The molecular weight excluding hydrogens is 720 g/mol. The molecule has 4 aromatic rings. The van der Waals surface area contributed by atoms with Crippen molar-refractivity contribution in [1.29, 1.82) is 0 Å². The Bertz CT molecular complexity index is 1340. The molecule has 247 valence electrons. The molecule has 0 amide bonds. The van der Waals surface area contributed by atoms with Crippen molar-refractivity contribution < 1.29 is 36.7 Å². The van der Waals surface area contributed by atoms with Crippen molar-refractivity contribution in [3.8, 4) is 0 Å². The Morgan fingerprint density at radius 3 is 0.894 bits per heavy atom. The van der Waals surface area contributed by atoms with Crippen LogP contribution < -0.4 is 21.2 Å². The number of hydrogen-bond acceptors (Lipinski definition) is 0. The molecule has 4 unspecified atom stereocenters. The Kier molecular flexibility index (Phi) is 14.9. The van der Waals surface area contributed by atoms with E-state index in [0.717, 1.165) is 0 Å². The summed E-state index contributed by atoms with van der Waals surface area (Å²) in [5.74, 6) is 1.34. The van der Waals surface area contributed by atoms with Gasteiger partial charge in [-0.3, -0.25) is 0 Å². The molecule has 0 aliphatic heterocycles. The summed E-state index contributed by atoms with van der Waals surface area (Å²) < 4.78 is 39.0. The van der Waals surface area contributed by atoms with Crippen molar-refractivity contribution >= 4 is 44.3 Å². The third-order valence-corrected chi connectivity index (χ3v) is 14.7. The van der Waals surface area contributed by atoms with Gasteiger partial charge in [-0.05, 0) is 81.0 Å². The molecule has 1 saturated carbocycles. The summed E-state index contributed by atoms with van der Waals surface area (Å²) in [5, 5.41) is 6.08. The first-order valence-electron chi connectivity index (χ1n) is 16.0. The van der Waals surface area contributed by atoms with Gasteiger partial charge in [0.15, 0.2) is 0 Å². The van der Waals surface area contributed by atoms with Gasteiger partial charge in [0, 0.05) is 30.8 Å². The van der Waals surface area contributed by atoms with E-state index in [1.807, 2.05) is 0 Å². The van der Waals surface area contributed by atoms with Crippen LogP contribution in [0, 0.1) is 11.8 Å². The SMILES string of the molecule is C1=CC2CC1C(P(c1ccccc1)c1ccccc1)C2P(c1ccccc1)c1ccccc1.C1=CCCC=CCC1.F[B-](F)(F)F.[Rh]. The van der Waals surface area contributed by atoms with Crippen LogP contribution >= 0.6 is 15.8 Å². The van der Waals surface area contributed by atoms with Crippen LogP contribution in [0.5, 0.6) is 0 Å². The second kappa shape index (κ2) is 18.8. The van der Waals surface area contributed by atoms with Crippen LogP contribution in [-0.2, 0) is 19.5 Å². The molecule has 0 nitrogen and oxygen atoms in total. The third kappa shape index (κ3) is 10.9. The predicted molar refractivity (Wildman–Crippen MR) is 193 cm³/mol. The van der Waals surface area contributed by atoms with Crippen LogP contribution in [0.25, 0.3) is 0 Å². The fourth-order valence-electron chi connectivity index (χ4n) is 6.66. The van der Waals surface area contributed by atoms with Crippen molar-refractivity contribution in [3.63, 3.8) is 0 Å². The van der Waals surface area contributed by atoms with Crippen molar-refractivity contribution in [2.75, 3.05) is 0 Å². The van der Waals surface area contributed by atoms with Crippen LogP contribution in [0.1, 0.15) is 32.1 Å². The Labute approximate surface area is 292 Å². The number of halogens is 4. The Morgan fingerprint density at radius 2 is 0.660 bits per heavy atom. The fraction of sp³-hybridized carbons (Fsp3) is 0.231. The molecule has 0 N–H and O–H groups in total. The maximum Gasteiger partial charge on any atom is 0.673 e. The van der Waals surface area contributed by atoms with E-state index in [1.54, 1.807) is 0 Å². The van der Waals surface area contributed by atoms with Gasteiger partial charge in [-0.25, -0.2) is 0 Å². The van der Waals surface area contributed by atoms with Crippen molar-refractivity contribution in [2.45, 2.75) is 43.4 Å². The van der Waals surface area contributed by atoms with Gasteiger partial charge in [-0.15, -0.1) is 0 Å². The van der Waals surface area contributed by atoms with Gasteiger partial charge in [0.2, 0.25) is 0 Å². The molecular formula is C39H40BF4P2Rh-. The summed E-state index contributed by atoms with van der Waals surface area (Å²) in [4.78, 5) is 0. The molecule has 47 heavy (non-hydrogen) atoms. The molecule has 0 heterocycles. The van der Waals surface area contributed by atoms with E-state index >= 15 is 0 Å². The van der Waals surface area contributed by atoms with Gasteiger partial charge in [0.25, 0.3) is 0 Å². The predicted octanol–water partition coefficient (Wildman–Crippen LogP) is 10.2. The number of hydrogen-bond donors (Lipinski definition) is 0. The fourth-order valence-corrected chi connectivity index (χ4v) is 13.7. The molecule has 4 aromatic carbocycles. The van der Waals surface area contributed by atoms with E-state index in [9.17, 15) is 17.3 Å². The number of benzene rings is 4. The van der Waals surface area contributed by atoms with Gasteiger partial charge in [0.1, 0.15) is 0 Å².